The molecule has 3 heteroatoms. The van der Waals surface area contributed by atoms with Crippen molar-refractivity contribution in [3.8, 4) is 0 Å². The van der Waals surface area contributed by atoms with Crippen molar-refractivity contribution in [2.75, 3.05) is 0 Å². The highest BCUT2D eigenvalue weighted by Gasteiger charge is 2.23. The molecule has 2 N–H and O–H groups in total. The molecule has 0 aliphatic rings. The van der Waals surface area contributed by atoms with Crippen LogP contribution < -0.4 is 5.73 Å². The maximum absolute atomic E-state index is 6.28. The van der Waals surface area contributed by atoms with Gasteiger partial charge in [-0.05, 0) is 81.7 Å². The van der Waals surface area contributed by atoms with Gasteiger partial charge in [-0.1, -0.05) is 51.7 Å². The second kappa shape index (κ2) is 12.3. The van der Waals surface area contributed by atoms with E-state index in [0.717, 1.165) is 22.6 Å². The maximum Gasteiger partial charge on any atom is 0.0587 e. The summed E-state index contributed by atoms with van der Waals surface area (Å²) < 4.78 is 0. The number of hydrogen-bond acceptors (Lipinski definition) is 3. The maximum atomic E-state index is 6.28. The molecule has 0 aliphatic carbocycles. The van der Waals surface area contributed by atoms with E-state index in [2.05, 4.69) is 89.3 Å². The first-order valence-electron chi connectivity index (χ1n) is 10.2. The summed E-state index contributed by atoms with van der Waals surface area (Å²) >= 11 is 0. The fourth-order valence-corrected chi connectivity index (χ4v) is 2.28. The molecule has 0 saturated heterocycles. The fraction of sp³-hybridized carbons (Fsp3) is 0.462. The van der Waals surface area contributed by atoms with Gasteiger partial charge in [0.15, 0.2) is 0 Å². The number of rotatable bonds is 8. The zero-order valence-corrected chi connectivity index (χ0v) is 20.2. The lowest BCUT2D eigenvalue weighted by molar-refractivity contribution is 0.381. The summed E-state index contributed by atoms with van der Waals surface area (Å²) in [5.74, 6) is 0. The Morgan fingerprint density at radius 3 is 1.62 bits per heavy atom. The summed E-state index contributed by atoms with van der Waals surface area (Å²) in [6.45, 7) is 24.7. The highest BCUT2D eigenvalue weighted by Crippen LogP contribution is 2.20. The van der Waals surface area contributed by atoms with Crippen LogP contribution in [-0.2, 0) is 0 Å². The van der Waals surface area contributed by atoms with Gasteiger partial charge in [0.25, 0.3) is 0 Å². The van der Waals surface area contributed by atoms with Crippen molar-refractivity contribution in [3.63, 3.8) is 0 Å². The number of allylic oxidation sites excluding steroid dienone is 9. The number of aliphatic imine (C=N–C) groups is 2. The van der Waals surface area contributed by atoms with Crippen LogP contribution in [0.1, 0.15) is 69.2 Å². The van der Waals surface area contributed by atoms with Gasteiger partial charge >= 0.3 is 0 Å². The molecule has 0 aromatic heterocycles. The Bertz CT molecular complexity index is 788. The van der Waals surface area contributed by atoms with Gasteiger partial charge in [0.05, 0.1) is 5.70 Å². The van der Waals surface area contributed by atoms with Gasteiger partial charge < -0.3 is 5.73 Å². The minimum atomic E-state index is -0.0925. The van der Waals surface area contributed by atoms with Gasteiger partial charge in [0.1, 0.15) is 0 Å². The van der Waals surface area contributed by atoms with Crippen LogP contribution in [0.4, 0.5) is 0 Å². The molecule has 0 fully saturated rings. The smallest absolute Gasteiger partial charge is 0.0587 e. The van der Waals surface area contributed by atoms with E-state index in [1.807, 2.05) is 27.0 Å². The van der Waals surface area contributed by atoms with E-state index in [9.17, 15) is 0 Å². The summed E-state index contributed by atoms with van der Waals surface area (Å²) in [5, 5.41) is 0. The minimum Gasteiger partial charge on any atom is -0.323 e. The molecule has 29 heavy (non-hydrogen) atoms. The number of nitrogens with two attached hydrogens (primary N) is 1. The lowest BCUT2D eigenvalue weighted by atomic mass is 9.85. The van der Waals surface area contributed by atoms with Gasteiger partial charge in [-0.2, -0.15) is 0 Å². The molecule has 0 radical (unpaired) electrons. The third kappa shape index (κ3) is 10.2. The predicted molar refractivity (Wildman–Crippen MR) is 133 cm³/mol. The normalized spacial score (nSPS) is 17.2. The third-order valence-corrected chi connectivity index (χ3v) is 4.98. The molecular formula is C26H41N3. The van der Waals surface area contributed by atoms with Crippen molar-refractivity contribution in [2.24, 2.45) is 21.1 Å². The SMILES string of the molecule is C=C(N=C(C)C(N)C(C)(C)C)C(C)=C/C=C(C)/C(C)=C/C=C(C)/C(C)=C/N=CC. The van der Waals surface area contributed by atoms with Crippen molar-refractivity contribution in [1.82, 2.24) is 0 Å². The second-order valence-electron chi connectivity index (χ2n) is 8.66. The molecule has 0 bridgehead atoms. The molecule has 0 spiro atoms. The van der Waals surface area contributed by atoms with E-state index >= 15 is 0 Å². The topological polar surface area (TPSA) is 50.7 Å². The van der Waals surface area contributed by atoms with Crippen molar-refractivity contribution in [1.29, 1.82) is 0 Å². The first-order valence-corrected chi connectivity index (χ1v) is 10.2. The molecule has 0 rings (SSSR count). The van der Waals surface area contributed by atoms with E-state index in [4.69, 9.17) is 5.73 Å². The average molecular weight is 396 g/mol. The largest absolute Gasteiger partial charge is 0.323 e. The molecule has 0 saturated carbocycles. The van der Waals surface area contributed by atoms with Crippen LogP contribution in [0.5, 0.6) is 0 Å². The van der Waals surface area contributed by atoms with Crippen LogP contribution in [0.2, 0.25) is 0 Å². The van der Waals surface area contributed by atoms with Crippen LogP contribution in [0.15, 0.2) is 80.6 Å². The van der Waals surface area contributed by atoms with E-state index in [0.29, 0.717) is 0 Å². The Balaban J connectivity index is 5.36. The van der Waals surface area contributed by atoms with Gasteiger partial charge in [0.2, 0.25) is 0 Å². The van der Waals surface area contributed by atoms with Crippen molar-refractivity contribution < 1.29 is 0 Å². The zero-order chi connectivity index (χ0) is 22.8. The van der Waals surface area contributed by atoms with Gasteiger partial charge in [-0.15, -0.1) is 0 Å². The Hall–Kier alpha value is -2.26. The Morgan fingerprint density at radius 1 is 0.793 bits per heavy atom. The van der Waals surface area contributed by atoms with E-state index in [1.165, 1.54) is 16.7 Å². The first kappa shape index (κ1) is 26.7. The Kier molecular flexibility index (Phi) is 11.4. The second-order valence-corrected chi connectivity index (χ2v) is 8.66. The molecule has 0 aromatic rings. The van der Waals surface area contributed by atoms with Crippen LogP contribution in [0.3, 0.4) is 0 Å². The standard InChI is InChI=1S/C26H41N3/c1-12-28-17-22(6)20(4)14-13-18(2)19(3)15-16-21(5)23(7)29-24(8)25(27)26(9,10)11/h12-17,25H,7,27H2,1-6,8-11H3/b18-13+,19-15+,20-14+,21-16?,22-17+,28-12?,29-24?. The summed E-state index contributed by atoms with van der Waals surface area (Å²) in [6.07, 6.45) is 12.1. The van der Waals surface area contributed by atoms with E-state index in [1.54, 1.807) is 6.21 Å². The fourth-order valence-electron chi connectivity index (χ4n) is 2.28. The predicted octanol–water partition coefficient (Wildman–Crippen LogP) is 7.11. The number of hydrogen-bond donors (Lipinski definition) is 1. The molecule has 160 valence electrons. The lowest BCUT2D eigenvalue weighted by Crippen LogP contribution is -2.41. The summed E-state index contributed by atoms with van der Waals surface area (Å²) in [5.41, 5.74) is 13.7. The van der Waals surface area contributed by atoms with Crippen LogP contribution in [0.25, 0.3) is 0 Å². The zero-order valence-electron chi connectivity index (χ0n) is 20.2. The highest BCUT2D eigenvalue weighted by atomic mass is 14.8. The lowest BCUT2D eigenvalue weighted by Gasteiger charge is -2.27. The van der Waals surface area contributed by atoms with Gasteiger partial charge in [-0.25, -0.2) is 0 Å². The first-order chi connectivity index (χ1) is 13.3. The van der Waals surface area contributed by atoms with Crippen molar-refractivity contribution in [2.45, 2.75) is 75.3 Å². The van der Waals surface area contributed by atoms with E-state index in [-0.39, 0.29) is 11.5 Å². The molecule has 0 aliphatic heterocycles. The minimum absolute atomic E-state index is 0.0219. The average Bonchev–Trinajstić information content (AvgIpc) is 2.65. The highest BCUT2D eigenvalue weighted by molar-refractivity contribution is 5.89. The van der Waals surface area contributed by atoms with Crippen LogP contribution in [0, 0.1) is 5.41 Å². The van der Waals surface area contributed by atoms with E-state index < -0.39 is 0 Å². The Labute approximate surface area is 179 Å². The molecule has 0 heterocycles. The molecule has 1 atom stereocenters. The number of nitrogens with zero attached hydrogens (tertiary/aromatic N) is 2. The molecule has 3 nitrogen and oxygen atoms in total. The summed E-state index contributed by atoms with van der Waals surface area (Å²) in [7, 11) is 0. The van der Waals surface area contributed by atoms with Crippen molar-refractivity contribution >= 4 is 11.9 Å². The summed E-state index contributed by atoms with van der Waals surface area (Å²) in [6, 6.07) is -0.0925. The van der Waals surface area contributed by atoms with Gasteiger partial charge in [-0.3, -0.25) is 9.98 Å². The van der Waals surface area contributed by atoms with Gasteiger partial charge in [0, 0.05) is 24.2 Å². The molecule has 0 amide bonds. The third-order valence-electron chi connectivity index (χ3n) is 4.98. The van der Waals surface area contributed by atoms with Crippen molar-refractivity contribution in [3.05, 3.63) is 70.6 Å². The van der Waals surface area contributed by atoms with Crippen LogP contribution >= 0.6 is 0 Å². The molecule has 0 aromatic carbocycles. The molecule has 1 unspecified atom stereocenters. The molecular weight excluding hydrogens is 354 g/mol. The monoisotopic (exact) mass is 395 g/mol. The quantitative estimate of drug-likeness (QED) is 0.345. The Morgan fingerprint density at radius 2 is 1.21 bits per heavy atom. The summed E-state index contributed by atoms with van der Waals surface area (Å²) in [4.78, 5) is 8.80. The van der Waals surface area contributed by atoms with Crippen LogP contribution in [-0.4, -0.2) is 18.0 Å².